The van der Waals surface area contributed by atoms with E-state index in [4.69, 9.17) is 5.73 Å². The molecule has 1 atom stereocenters. The summed E-state index contributed by atoms with van der Waals surface area (Å²) in [6.07, 6.45) is 3.61. The van der Waals surface area contributed by atoms with Gasteiger partial charge in [-0.3, -0.25) is 4.79 Å². The van der Waals surface area contributed by atoms with E-state index in [0.29, 0.717) is 12.5 Å². The van der Waals surface area contributed by atoms with E-state index < -0.39 is 0 Å². The van der Waals surface area contributed by atoms with E-state index in [1.54, 1.807) is 0 Å². The van der Waals surface area contributed by atoms with Crippen LogP contribution < -0.4 is 11.1 Å². The van der Waals surface area contributed by atoms with Crippen molar-refractivity contribution < 1.29 is 4.79 Å². The second kappa shape index (κ2) is 4.61. The number of nitrogens with one attached hydrogen (secondary N) is 1. The molecular weight excluding hydrogens is 164 g/mol. The molecule has 0 bridgehead atoms. The van der Waals surface area contributed by atoms with Gasteiger partial charge in [-0.15, -0.1) is 0 Å². The number of nitrogens with two attached hydrogens (primary N) is 1. The highest BCUT2D eigenvalue weighted by Crippen LogP contribution is 2.26. The molecule has 76 valence electrons. The van der Waals surface area contributed by atoms with E-state index in [1.165, 1.54) is 0 Å². The molecule has 1 saturated carbocycles. The van der Waals surface area contributed by atoms with Crippen molar-refractivity contribution in [2.45, 2.75) is 51.6 Å². The molecule has 0 heterocycles. The zero-order valence-corrected chi connectivity index (χ0v) is 8.55. The van der Waals surface area contributed by atoms with Crippen LogP contribution in [-0.2, 0) is 4.79 Å². The van der Waals surface area contributed by atoms with E-state index in [2.05, 4.69) is 12.2 Å². The minimum Gasteiger partial charge on any atom is -0.353 e. The second-order valence-electron chi connectivity index (χ2n) is 4.21. The van der Waals surface area contributed by atoms with Gasteiger partial charge in [0, 0.05) is 18.5 Å². The topological polar surface area (TPSA) is 55.1 Å². The number of hydrogen-bond donors (Lipinski definition) is 2. The zero-order chi connectivity index (χ0) is 9.84. The molecular formula is C10H20N2O. The van der Waals surface area contributed by atoms with Crippen molar-refractivity contribution in [1.29, 1.82) is 0 Å². The van der Waals surface area contributed by atoms with Gasteiger partial charge in [0.15, 0.2) is 0 Å². The molecule has 1 unspecified atom stereocenters. The summed E-state index contributed by atoms with van der Waals surface area (Å²) in [6.45, 7) is 4.21. The SMILES string of the molecule is CCC(N)CC(=O)NC1CC(C)C1. The number of carbonyl (C=O) groups is 1. The van der Waals surface area contributed by atoms with Crippen LogP contribution in [-0.4, -0.2) is 18.0 Å². The van der Waals surface area contributed by atoms with Gasteiger partial charge in [0.2, 0.25) is 5.91 Å². The maximum atomic E-state index is 11.3. The zero-order valence-electron chi connectivity index (χ0n) is 8.55. The van der Waals surface area contributed by atoms with Crippen LogP contribution in [0.4, 0.5) is 0 Å². The van der Waals surface area contributed by atoms with E-state index >= 15 is 0 Å². The molecule has 0 aliphatic heterocycles. The molecule has 0 aromatic carbocycles. The summed E-state index contributed by atoms with van der Waals surface area (Å²) >= 11 is 0. The second-order valence-corrected chi connectivity index (χ2v) is 4.21. The normalized spacial score (nSPS) is 29.2. The third kappa shape index (κ3) is 3.35. The molecule has 13 heavy (non-hydrogen) atoms. The van der Waals surface area contributed by atoms with Crippen LogP contribution in [0.2, 0.25) is 0 Å². The van der Waals surface area contributed by atoms with Crippen molar-refractivity contribution >= 4 is 5.91 Å². The molecule has 1 rings (SSSR count). The number of carbonyl (C=O) groups excluding carboxylic acids is 1. The van der Waals surface area contributed by atoms with Crippen molar-refractivity contribution in [2.75, 3.05) is 0 Å². The quantitative estimate of drug-likeness (QED) is 0.685. The van der Waals surface area contributed by atoms with Gasteiger partial charge >= 0.3 is 0 Å². The Morgan fingerprint density at radius 1 is 1.62 bits per heavy atom. The Hall–Kier alpha value is -0.570. The molecule has 0 aromatic rings. The number of amides is 1. The smallest absolute Gasteiger partial charge is 0.221 e. The summed E-state index contributed by atoms with van der Waals surface area (Å²) in [5.74, 6) is 0.899. The lowest BCUT2D eigenvalue weighted by Gasteiger charge is -2.33. The first-order chi connectivity index (χ1) is 6.11. The van der Waals surface area contributed by atoms with Gasteiger partial charge in [0.1, 0.15) is 0 Å². The highest BCUT2D eigenvalue weighted by atomic mass is 16.1. The van der Waals surface area contributed by atoms with Gasteiger partial charge in [0.05, 0.1) is 0 Å². The third-order valence-electron chi connectivity index (χ3n) is 2.71. The van der Waals surface area contributed by atoms with E-state index in [1.807, 2.05) is 6.92 Å². The highest BCUT2D eigenvalue weighted by Gasteiger charge is 2.26. The molecule has 3 nitrogen and oxygen atoms in total. The minimum absolute atomic E-state index is 0.0255. The van der Waals surface area contributed by atoms with Crippen molar-refractivity contribution in [2.24, 2.45) is 11.7 Å². The average molecular weight is 184 g/mol. The van der Waals surface area contributed by atoms with Gasteiger partial charge in [0.25, 0.3) is 0 Å². The Morgan fingerprint density at radius 3 is 2.69 bits per heavy atom. The molecule has 1 aliphatic carbocycles. The lowest BCUT2D eigenvalue weighted by Crippen LogP contribution is -2.44. The maximum Gasteiger partial charge on any atom is 0.221 e. The average Bonchev–Trinajstić information content (AvgIpc) is 2.01. The van der Waals surface area contributed by atoms with Crippen LogP contribution in [0.1, 0.15) is 39.5 Å². The van der Waals surface area contributed by atoms with E-state index in [9.17, 15) is 4.79 Å². The number of rotatable bonds is 4. The summed E-state index contributed by atoms with van der Waals surface area (Å²) in [4.78, 5) is 11.3. The predicted molar refractivity (Wildman–Crippen MR) is 53.2 cm³/mol. The fraction of sp³-hybridized carbons (Fsp3) is 0.900. The van der Waals surface area contributed by atoms with Crippen LogP contribution in [0.5, 0.6) is 0 Å². The van der Waals surface area contributed by atoms with Crippen LogP contribution in [0.25, 0.3) is 0 Å². The Balaban J connectivity index is 2.11. The molecule has 0 aromatic heterocycles. The molecule has 0 radical (unpaired) electrons. The summed E-state index contributed by atoms with van der Waals surface area (Å²) in [6, 6.07) is 0.448. The van der Waals surface area contributed by atoms with Gasteiger partial charge in [-0.1, -0.05) is 13.8 Å². The Morgan fingerprint density at radius 2 is 2.23 bits per heavy atom. The van der Waals surface area contributed by atoms with Crippen LogP contribution in [0.3, 0.4) is 0 Å². The van der Waals surface area contributed by atoms with Crippen molar-refractivity contribution in [3.8, 4) is 0 Å². The Bertz CT molecular complexity index is 176. The van der Waals surface area contributed by atoms with Gasteiger partial charge in [-0.25, -0.2) is 0 Å². The van der Waals surface area contributed by atoms with Crippen molar-refractivity contribution in [1.82, 2.24) is 5.32 Å². The molecule has 1 fully saturated rings. The largest absolute Gasteiger partial charge is 0.353 e. The first-order valence-corrected chi connectivity index (χ1v) is 5.16. The lowest BCUT2D eigenvalue weighted by molar-refractivity contribution is -0.122. The van der Waals surface area contributed by atoms with Crippen LogP contribution in [0, 0.1) is 5.92 Å². The number of hydrogen-bond acceptors (Lipinski definition) is 2. The maximum absolute atomic E-state index is 11.3. The minimum atomic E-state index is 0.0255. The van der Waals surface area contributed by atoms with Gasteiger partial charge in [-0.2, -0.15) is 0 Å². The van der Waals surface area contributed by atoms with Crippen molar-refractivity contribution in [3.05, 3.63) is 0 Å². The first kappa shape index (κ1) is 10.5. The van der Waals surface area contributed by atoms with E-state index in [0.717, 1.165) is 25.2 Å². The summed E-state index contributed by atoms with van der Waals surface area (Å²) < 4.78 is 0. The highest BCUT2D eigenvalue weighted by molar-refractivity contribution is 5.76. The molecule has 0 saturated heterocycles. The molecule has 3 N–H and O–H groups in total. The van der Waals surface area contributed by atoms with Crippen LogP contribution >= 0.6 is 0 Å². The van der Waals surface area contributed by atoms with Crippen molar-refractivity contribution in [3.63, 3.8) is 0 Å². The predicted octanol–water partition coefficient (Wildman–Crippen LogP) is 1.03. The van der Waals surface area contributed by atoms with E-state index in [-0.39, 0.29) is 11.9 Å². The molecule has 1 aliphatic rings. The Labute approximate surface area is 80.1 Å². The monoisotopic (exact) mass is 184 g/mol. The fourth-order valence-electron chi connectivity index (χ4n) is 1.69. The standard InChI is InChI=1S/C10H20N2O/c1-3-8(11)6-10(13)12-9-4-7(2)5-9/h7-9H,3-6,11H2,1-2H3,(H,12,13). The molecule has 0 spiro atoms. The fourth-order valence-corrected chi connectivity index (χ4v) is 1.69. The first-order valence-electron chi connectivity index (χ1n) is 5.16. The molecule has 3 heteroatoms. The summed E-state index contributed by atoms with van der Waals surface area (Å²) in [7, 11) is 0. The van der Waals surface area contributed by atoms with Gasteiger partial charge in [-0.05, 0) is 25.2 Å². The van der Waals surface area contributed by atoms with Crippen LogP contribution in [0.15, 0.2) is 0 Å². The third-order valence-corrected chi connectivity index (χ3v) is 2.71. The van der Waals surface area contributed by atoms with Gasteiger partial charge < -0.3 is 11.1 Å². The summed E-state index contributed by atoms with van der Waals surface area (Å²) in [5, 5.41) is 2.99. The molecule has 1 amide bonds. The lowest BCUT2D eigenvalue weighted by atomic mass is 9.82. The summed E-state index contributed by atoms with van der Waals surface area (Å²) in [5.41, 5.74) is 5.68. The Kier molecular flexibility index (Phi) is 3.72.